The molecule has 118 valence electrons. The van der Waals surface area contributed by atoms with E-state index in [0.717, 1.165) is 11.3 Å². The van der Waals surface area contributed by atoms with Crippen LogP contribution in [0.15, 0.2) is 36.9 Å². The summed E-state index contributed by atoms with van der Waals surface area (Å²) in [5.74, 6) is -0.263. The van der Waals surface area contributed by atoms with Gasteiger partial charge < -0.3 is 20.3 Å². The number of amides is 2. The second-order valence-corrected chi connectivity index (χ2v) is 4.42. The molecule has 0 saturated heterocycles. The minimum atomic E-state index is -0.430. The first-order chi connectivity index (χ1) is 10.1. The van der Waals surface area contributed by atoms with Crippen LogP contribution in [0.25, 0.3) is 0 Å². The number of hydrogen-bond acceptors (Lipinski definition) is 4. The van der Waals surface area contributed by atoms with Crippen LogP contribution in [-0.4, -0.2) is 44.1 Å². The van der Waals surface area contributed by atoms with Gasteiger partial charge in [-0.3, -0.25) is 4.79 Å². The molecule has 6 nitrogen and oxygen atoms in total. The van der Waals surface area contributed by atoms with E-state index < -0.39 is 6.09 Å². The normalized spacial score (nSPS) is 9.62. The van der Waals surface area contributed by atoms with E-state index in [4.69, 9.17) is 4.74 Å². The molecule has 0 bridgehead atoms. The number of ether oxygens (including phenoxy) is 1. The van der Waals surface area contributed by atoms with Gasteiger partial charge in [-0.2, -0.15) is 0 Å². The van der Waals surface area contributed by atoms with Gasteiger partial charge in [0.25, 0.3) is 0 Å². The molecule has 6 heteroatoms. The van der Waals surface area contributed by atoms with Crippen LogP contribution in [0.4, 0.5) is 10.5 Å². The monoisotopic (exact) mass is 295 g/mol. The maximum atomic E-state index is 11.7. The highest BCUT2D eigenvalue weighted by molar-refractivity contribution is 5.86. The molecule has 0 aliphatic rings. The van der Waals surface area contributed by atoms with E-state index in [2.05, 4.69) is 17.2 Å². The average molecular weight is 295 g/mol. The SMILES string of the molecule is C=CC(=O)NCCN(C)C(=O)OCc1ccc(NC)cc1.[HH].[HH]. The fourth-order valence-corrected chi connectivity index (χ4v) is 1.53. The van der Waals surface area contributed by atoms with Crippen LogP contribution in [0, 0.1) is 0 Å². The van der Waals surface area contributed by atoms with Gasteiger partial charge in [0.05, 0.1) is 0 Å². The summed E-state index contributed by atoms with van der Waals surface area (Å²) in [5, 5.41) is 5.61. The van der Waals surface area contributed by atoms with Crippen LogP contribution >= 0.6 is 0 Å². The van der Waals surface area contributed by atoms with Gasteiger partial charge >= 0.3 is 6.09 Å². The lowest BCUT2D eigenvalue weighted by atomic mass is 10.2. The van der Waals surface area contributed by atoms with E-state index in [1.807, 2.05) is 31.3 Å². The van der Waals surface area contributed by atoms with Crippen molar-refractivity contribution in [3.63, 3.8) is 0 Å². The highest BCUT2D eigenvalue weighted by Crippen LogP contribution is 2.09. The van der Waals surface area contributed by atoms with Crippen LogP contribution in [0.1, 0.15) is 8.42 Å². The molecule has 1 rings (SSSR count). The Hall–Kier alpha value is -2.50. The number of rotatable bonds is 7. The molecule has 0 unspecified atom stereocenters. The van der Waals surface area contributed by atoms with Gasteiger partial charge in [0.2, 0.25) is 5.91 Å². The van der Waals surface area contributed by atoms with Gasteiger partial charge in [-0.25, -0.2) is 4.79 Å². The molecule has 0 saturated carbocycles. The van der Waals surface area contributed by atoms with Crippen molar-refractivity contribution in [3.8, 4) is 0 Å². The molecule has 0 aliphatic carbocycles. The Labute approximate surface area is 127 Å². The summed E-state index contributed by atoms with van der Waals surface area (Å²) in [6, 6.07) is 7.61. The molecule has 2 N–H and O–H groups in total. The van der Waals surface area contributed by atoms with Crippen molar-refractivity contribution in [2.24, 2.45) is 0 Å². The van der Waals surface area contributed by atoms with Crippen molar-refractivity contribution in [3.05, 3.63) is 42.5 Å². The lowest BCUT2D eigenvalue weighted by Gasteiger charge is -2.17. The fourth-order valence-electron chi connectivity index (χ4n) is 1.53. The molecule has 21 heavy (non-hydrogen) atoms. The van der Waals surface area contributed by atoms with Crippen molar-refractivity contribution in [1.82, 2.24) is 10.2 Å². The molecule has 0 aliphatic heterocycles. The molecule has 1 aromatic rings. The molecule has 1 aromatic carbocycles. The fraction of sp³-hybridized carbons (Fsp3) is 0.333. The van der Waals surface area contributed by atoms with Gasteiger partial charge in [0.1, 0.15) is 6.61 Å². The summed E-state index contributed by atoms with van der Waals surface area (Å²) in [6.07, 6.45) is 0.758. The maximum Gasteiger partial charge on any atom is 0.409 e. The van der Waals surface area contributed by atoms with Crippen LogP contribution in [0.2, 0.25) is 0 Å². The third-order valence-electron chi connectivity index (χ3n) is 2.85. The minimum absolute atomic E-state index is 0. The van der Waals surface area contributed by atoms with Crippen molar-refractivity contribution >= 4 is 17.7 Å². The Morgan fingerprint density at radius 2 is 2.05 bits per heavy atom. The van der Waals surface area contributed by atoms with E-state index in [1.165, 1.54) is 11.0 Å². The summed E-state index contributed by atoms with van der Waals surface area (Å²) < 4.78 is 5.18. The van der Waals surface area contributed by atoms with Crippen LogP contribution < -0.4 is 10.6 Å². The van der Waals surface area contributed by atoms with E-state index in [-0.39, 0.29) is 15.4 Å². The molecule has 0 radical (unpaired) electrons. The predicted octanol–water partition coefficient (Wildman–Crippen LogP) is 2.09. The molecule has 0 aromatic heterocycles. The number of carbonyl (C=O) groups excluding carboxylic acids is 2. The Morgan fingerprint density at radius 1 is 1.38 bits per heavy atom. The second-order valence-electron chi connectivity index (χ2n) is 4.42. The minimum Gasteiger partial charge on any atom is -0.445 e. The second kappa shape index (κ2) is 8.63. The van der Waals surface area contributed by atoms with Crippen molar-refractivity contribution in [2.75, 3.05) is 32.5 Å². The average Bonchev–Trinajstić information content (AvgIpc) is 2.52. The molecule has 0 heterocycles. The van der Waals surface area contributed by atoms with Crippen molar-refractivity contribution in [1.29, 1.82) is 0 Å². The zero-order valence-electron chi connectivity index (χ0n) is 12.4. The third-order valence-corrected chi connectivity index (χ3v) is 2.85. The highest BCUT2D eigenvalue weighted by atomic mass is 16.6. The highest BCUT2D eigenvalue weighted by Gasteiger charge is 2.10. The number of anilines is 1. The van der Waals surface area contributed by atoms with Gasteiger partial charge in [-0.15, -0.1) is 0 Å². The Balaban J connectivity index is 0. The summed E-state index contributed by atoms with van der Waals surface area (Å²) in [7, 11) is 3.46. The van der Waals surface area contributed by atoms with E-state index >= 15 is 0 Å². The number of benzene rings is 1. The van der Waals surface area contributed by atoms with Crippen molar-refractivity contribution in [2.45, 2.75) is 6.61 Å². The number of likely N-dealkylation sites (N-methyl/N-ethyl adjacent to an activating group) is 1. The summed E-state index contributed by atoms with van der Waals surface area (Å²) >= 11 is 0. The third kappa shape index (κ3) is 5.99. The van der Waals surface area contributed by atoms with Gasteiger partial charge in [0.15, 0.2) is 0 Å². The lowest BCUT2D eigenvalue weighted by Crippen LogP contribution is -2.35. The van der Waals surface area contributed by atoms with E-state index in [9.17, 15) is 9.59 Å². The molecule has 2 amide bonds. The first-order valence-electron chi connectivity index (χ1n) is 6.61. The number of carbonyl (C=O) groups is 2. The molecular formula is C15H25N3O3. The Kier molecular flexibility index (Phi) is 6.80. The van der Waals surface area contributed by atoms with Gasteiger partial charge in [0, 0.05) is 35.7 Å². The van der Waals surface area contributed by atoms with Crippen LogP contribution in [0.5, 0.6) is 0 Å². The molecular weight excluding hydrogens is 270 g/mol. The number of hydrogen-bond donors (Lipinski definition) is 2. The standard InChI is InChI=1S/C15H21N3O3.2H2/c1-4-14(19)17-9-10-18(3)15(20)21-11-12-5-7-13(16-2)8-6-12;;/h4-8,16H,1,9-11H2,2-3H3,(H,17,19);2*1H. The smallest absolute Gasteiger partial charge is 0.409 e. The first kappa shape index (κ1) is 16.6. The van der Waals surface area contributed by atoms with Gasteiger partial charge in [-0.05, 0) is 23.8 Å². The van der Waals surface area contributed by atoms with Crippen LogP contribution in [0.3, 0.4) is 0 Å². The molecule has 0 atom stereocenters. The zero-order valence-corrected chi connectivity index (χ0v) is 12.4. The molecule has 0 spiro atoms. The quantitative estimate of drug-likeness (QED) is 0.756. The van der Waals surface area contributed by atoms with E-state index in [1.54, 1.807) is 7.05 Å². The first-order valence-corrected chi connectivity index (χ1v) is 6.61. The predicted molar refractivity (Wildman–Crippen MR) is 86.2 cm³/mol. The summed E-state index contributed by atoms with van der Waals surface area (Å²) in [6.45, 7) is 4.29. The maximum absolute atomic E-state index is 11.7. The topological polar surface area (TPSA) is 70.7 Å². The summed E-state index contributed by atoms with van der Waals surface area (Å²) in [4.78, 5) is 24.1. The number of nitrogens with zero attached hydrogens (tertiary/aromatic N) is 1. The lowest BCUT2D eigenvalue weighted by molar-refractivity contribution is -0.116. The van der Waals surface area contributed by atoms with E-state index in [0.29, 0.717) is 13.1 Å². The summed E-state index contributed by atoms with van der Waals surface area (Å²) in [5.41, 5.74) is 1.91. The van der Waals surface area contributed by atoms with Gasteiger partial charge in [-0.1, -0.05) is 18.7 Å². The zero-order chi connectivity index (χ0) is 15.7. The van der Waals surface area contributed by atoms with Crippen molar-refractivity contribution < 1.29 is 17.2 Å². The Morgan fingerprint density at radius 3 is 2.62 bits per heavy atom. The Bertz CT molecular complexity index is 495. The molecule has 0 fully saturated rings. The number of nitrogens with one attached hydrogen (secondary N) is 2. The van der Waals surface area contributed by atoms with Crippen LogP contribution in [-0.2, 0) is 16.1 Å². The largest absolute Gasteiger partial charge is 0.445 e.